The number of hydrogen-bond donors (Lipinski definition) is 5. The van der Waals surface area contributed by atoms with Crippen molar-refractivity contribution in [2.45, 2.75) is 26.3 Å². The number of aromatic amines is 1. The highest BCUT2D eigenvalue weighted by atomic mass is 16.2. The van der Waals surface area contributed by atoms with Crippen molar-refractivity contribution in [3.05, 3.63) is 65.5 Å². The Balaban J connectivity index is 2.28. The minimum atomic E-state index is -0.358. The van der Waals surface area contributed by atoms with Gasteiger partial charge in [0.1, 0.15) is 11.5 Å². The van der Waals surface area contributed by atoms with Crippen molar-refractivity contribution in [3.63, 3.8) is 0 Å². The van der Waals surface area contributed by atoms with Crippen LogP contribution in [0.25, 0.3) is 6.08 Å². The molecule has 2 amide bonds. The van der Waals surface area contributed by atoms with E-state index in [2.05, 4.69) is 25.9 Å². The first-order valence-electron chi connectivity index (χ1n) is 9.01. The largest absolute Gasteiger partial charge is 0.393 e. The first-order chi connectivity index (χ1) is 13.4. The number of carbonyl (C=O) groups excluding carboxylic acids is 2. The second kappa shape index (κ2) is 9.96. The Morgan fingerprint density at radius 2 is 2.00 bits per heavy atom. The number of nitrogens with one attached hydrogen (secondary N) is 4. The summed E-state index contributed by atoms with van der Waals surface area (Å²) in [6.45, 7) is 3.89. The van der Waals surface area contributed by atoms with Gasteiger partial charge >= 0.3 is 0 Å². The molecule has 8 nitrogen and oxygen atoms in total. The van der Waals surface area contributed by atoms with Crippen molar-refractivity contribution in [1.29, 1.82) is 0 Å². The third-order valence-corrected chi connectivity index (χ3v) is 4.11. The third-order valence-electron chi connectivity index (χ3n) is 4.11. The van der Waals surface area contributed by atoms with Crippen molar-refractivity contribution >= 4 is 23.6 Å². The Kier molecular flexibility index (Phi) is 7.38. The summed E-state index contributed by atoms with van der Waals surface area (Å²) in [4.78, 5) is 31.2. The van der Waals surface area contributed by atoms with Crippen molar-refractivity contribution in [3.8, 4) is 0 Å². The van der Waals surface area contributed by atoms with Gasteiger partial charge in [0.25, 0.3) is 11.8 Å². The fraction of sp³-hybridized carbons (Fsp3) is 0.250. The fourth-order valence-corrected chi connectivity index (χ4v) is 2.26. The molecule has 0 bridgehead atoms. The molecule has 0 aliphatic rings. The van der Waals surface area contributed by atoms with Crippen molar-refractivity contribution in [2.24, 2.45) is 5.73 Å². The van der Waals surface area contributed by atoms with Gasteiger partial charge in [0.15, 0.2) is 0 Å². The Bertz CT molecular complexity index is 853. The molecule has 0 fully saturated rings. The quantitative estimate of drug-likeness (QED) is 0.353. The molecular formula is C20H26N6O2. The number of nitrogens with two attached hydrogens (primary N) is 1. The fourth-order valence-electron chi connectivity index (χ4n) is 2.26. The summed E-state index contributed by atoms with van der Waals surface area (Å²) >= 11 is 0. The Hall–Kier alpha value is -3.55. The first kappa shape index (κ1) is 20.8. The van der Waals surface area contributed by atoms with Crippen LogP contribution in [0.15, 0.2) is 54.1 Å². The minimum Gasteiger partial charge on any atom is -0.393 e. The smallest absolute Gasteiger partial charge is 0.269 e. The lowest BCUT2D eigenvalue weighted by Crippen LogP contribution is -2.36. The van der Waals surface area contributed by atoms with Crippen LogP contribution >= 0.6 is 0 Å². The molecule has 2 aromatic rings. The highest BCUT2D eigenvalue weighted by Crippen LogP contribution is 2.15. The topological polar surface area (TPSA) is 125 Å². The van der Waals surface area contributed by atoms with E-state index in [-0.39, 0.29) is 23.6 Å². The molecule has 148 valence electrons. The maximum Gasteiger partial charge on any atom is 0.269 e. The van der Waals surface area contributed by atoms with Gasteiger partial charge in [-0.15, -0.1) is 0 Å². The summed E-state index contributed by atoms with van der Waals surface area (Å²) < 4.78 is 0. The van der Waals surface area contributed by atoms with Gasteiger partial charge in [0.2, 0.25) is 0 Å². The standard InChI is InChI=1S/C20H26N6O2/c1-4-13(2)25-20(28)18(21)16(9-10-17-23-11-12-24-17)26-15-7-5-14(6-8-15)19(27)22-3/h5-13,26H,4,21H2,1-3H3,(H,22,27)(H,23,24)(H,25,28)/b10-9+,18-16-. The van der Waals surface area contributed by atoms with E-state index in [1.807, 2.05) is 13.8 Å². The van der Waals surface area contributed by atoms with Crippen molar-refractivity contribution in [2.75, 3.05) is 12.4 Å². The molecule has 0 radical (unpaired) electrons. The molecule has 0 aliphatic heterocycles. The third kappa shape index (κ3) is 5.73. The Labute approximate surface area is 164 Å². The summed E-state index contributed by atoms with van der Waals surface area (Å²) in [5.41, 5.74) is 7.81. The second-order valence-corrected chi connectivity index (χ2v) is 6.20. The van der Waals surface area contributed by atoms with Crippen LogP contribution in [-0.2, 0) is 4.79 Å². The number of hydrogen-bond acceptors (Lipinski definition) is 5. The highest BCUT2D eigenvalue weighted by Gasteiger charge is 2.13. The molecule has 0 saturated heterocycles. The van der Waals surface area contributed by atoms with Crippen LogP contribution in [0, 0.1) is 0 Å². The highest BCUT2D eigenvalue weighted by molar-refractivity contribution is 5.95. The summed E-state index contributed by atoms with van der Waals surface area (Å²) in [5, 5.41) is 8.55. The van der Waals surface area contributed by atoms with Crippen LogP contribution in [0.3, 0.4) is 0 Å². The van der Waals surface area contributed by atoms with Gasteiger partial charge in [0, 0.05) is 36.7 Å². The summed E-state index contributed by atoms with van der Waals surface area (Å²) in [7, 11) is 1.57. The molecule has 8 heteroatoms. The second-order valence-electron chi connectivity index (χ2n) is 6.20. The van der Waals surface area contributed by atoms with E-state index in [0.29, 0.717) is 22.8 Å². The van der Waals surface area contributed by atoms with E-state index in [4.69, 9.17) is 5.73 Å². The maximum absolute atomic E-state index is 12.4. The van der Waals surface area contributed by atoms with Gasteiger partial charge in [0.05, 0.1) is 5.70 Å². The maximum atomic E-state index is 12.4. The number of amides is 2. The van der Waals surface area contributed by atoms with Crippen molar-refractivity contribution in [1.82, 2.24) is 20.6 Å². The molecule has 0 spiro atoms. The number of H-pyrrole nitrogens is 1. The average molecular weight is 382 g/mol. The zero-order valence-corrected chi connectivity index (χ0v) is 16.2. The number of anilines is 1. The minimum absolute atomic E-state index is 0.00759. The predicted octanol–water partition coefficient (Wildman–Crippen LogP) is 1.98. The number of carbonyl (C=O) groups is 2. The molecule has 6 N–H and O–H groups in total. The van der Waals surface area contributed by atoms with Gasteiger partial charge in [-0.25, -0.2) is 4.98 Å². The van der Waals surface area contributed by atoms with Crippen LogP contribution in [0.2, 0.25) is 0 Å². The van der Waals surface area contributed by atoms with Crippen LogP contribution < -0.4 is 21.7 Å². The van der Waals surface area contributed by atoms with E-state index in [9.17, 15) is 9.59 Å². The van der Waals surface area contributed by atoms with Crippen LogP contribution in [0.4, 0.5) is 5.69 Å². The molecule has 0 saturated carbocycles. The molecule has 1 atom stereocenters. The predicted molar refractivity (Wildman–Crippen MR) is 110 cm³/mol. The lowest BCUT2D eigenvalue weighted by Gasteiger charge is -2.15. The lowest BCUT2D eigenvalue weighted by molar-refractivity contribution is -0.118. The average Bonchev–Trinajstić information content (AvgIpc) is 3.23. The molecule has 28 heavy (non-hydrogen) atoms. The van der Waals surface area contributed by atoms with E-state index in [1.54, 1.807) is 55.9 Å². The number of rotatable bonds is 8. The van der Waals surface area contributed by atoms with Crippen LogP contribution in [0.5, 0.6) is 0 Å². The van der Waals surface area contributed by atoms with Crippen molar-refractivity contribution < 1.29 is 9.59 Å². The monoisotopic (exact) mass is 382 g/mol. The number of imidazole rings is 1. The number of nitrogens with zero attached hydrogens (tertiary/aromatic N) is 1. The van der Waals surface area contributed by atoms with E-state index in [1.165, 1.54) is 0 Å². The lowest BCUT2D eigenvalue weighted by atomic mass is 10.1. The number of allylic oxidation sites excluding steroid dienone is 1. The van der Waals surface area contributed by atoms with Gasteiger partial charge in [-0.2, -0.15) is 0 Å². The normalized spacial score (nSPS) is 13.0. The SMILES string of the molecule is CCC(C)NC(=O)/C(N)=C(\C=C\c1ncc[nH]1)Nc1ccc(C(=O)NC)cc1. The van der Waals surface area contributed by atoms with Gasteiger partial charge < -0.3 is 26.7 Å². The zero-order chi connectivity index (χ0) is 20.5. The molecule has 1 aromatic carbocycles. The molecule has 1 heterocycles. The molecule has 2 rings (SSSR count). The number of aromatic nitrogens is 2. The zero-order valence-electron chi connectivity index (χ0n) is 16.2. The summed E-state index contributed by atoms with van der Waals surface area (Å²) in [6.07, 6.45) is 7.52. The molecule has 0 aliphatic carbocycles. The summed E-state index contributed by atoms with van der Waals surface area (Å²) in [6, 6.07) is 6.86. The molecule has 1 unspecified atom stereocenters. The summed E-state index contributed by atoms with van der Waals surface area (Å²) in [5.74, 6) is 0.0970. The van der Waals surface area contributed by atoms with Gasteiger partial charge in [-0.3, -0.25) is 9.59 Å². The van der Waals surface area contributed by atoms with Gasteiger partial charge in [-0.1, -0.05) is 6.92 Å². The van der Waals surface area contributed by atoms with E-state index >= 15 is 0 Å². The Morgan fingerprint density at radius 3 is 2.57 bits per heavy atom. The van der Waals surface area contributed by atoms with Crippen LogP contribution in [-0.4, -0.2) is 34.9 Å². The van der Waals surface area contributed by atoms with Crippen LogP contribution in [0.1, 0.15) is 36.5 Å². The molecular weight excluding hydrogens is 356 g/mol. The van der Waals surface area contributed by atoms with Gasteiger partial charge in [-0.05, 0) is 49.8 Å². The van der Waals surface area contributed by atoms with E-state index in [0.717, 1.165) is 6.42 Å². The molecule has 1 aromatic heterocycles. The Morgan fingerprint density at radius 1 is 1.29 bits per heavy atom. The first-order valence-corrected chi connectivity index (χ1v) is 9.01. The number of benzene rings is 1. The van der Waals surface area contributed by atoms with E-state index < -0.39 is 0 Å².